The van der Waals surface area contributed by atoms with E-state index >= 15 is 0 Å². The number of pyridine rings is 1. The number of carbonyl (C=O) groups excluding carboxylic acids is 1. The highest BCUT2D eigenvalue weighted by Gasteiger charge is 2.11. The number of aromatic nitrogens is 1. The van der Waals surface area contributed by atoms with Gasteiger partial charge in [0.15, 0.2) is 12.4 Å². The van der Waals surface area contributed by atoms with Gasteiger partial charge in [0.1, 0.15) is 5.75 Å². The molecule has 4 heteroatoms. The van der Waals surface area contributed by atoms with Crippen molar-refractivity contribution >= 4 is 5.78 Å². The zero-order chi connectivity index (χ0) is 13.7. The molecule has 0 amide bonds. The maximum absolute atomic E-state index is 12.1. The summed E-state index contributed by atoms with van der Waals surface area (Å²) in [7, 11) is 0. The van der Waals surface area contributed by atoms with Crippen molar-refractivity contribution in [2.45, 2.75) is 20.4 Å². The molecule has 0 atom stereocenters. The molecule has 0 saturated heterocycles. The van der Waals surface area contributed by atoms with Crippen LogP contribution in [-0.4, -0.2) is 12.4 Å². The summed E-state index contributed by atoms with van der Waals surface area (Å²) in [5.41, 5.74) is 1.89. The molecule has 2 rings (SSSR count). The Bertz CT molecular complexity index is 550. The summed E-state index contributed by atoms with van der Waals surface area (Å²) in [5.74, 6) is 0.888. The molecule has 0 saturated carbocycles. The molecular formula is C16H18BrNO2. The van der Waals surface area contributed by atoms with Gasteiger partial charge in [-0.1, -0.05) is 0 Å². The van der Waals surface area contributed by atoms with Crippen LogP contribution < -0.4 is 26.3 Å². The highest BCUT2D eigenvalue weighted by Crippen LogP contribution is 2.12. The third-order valence-electron chi connectivity index (χ3n) is 2.87. The van der Waals surface area contributed by atoms with Crippen LogP contribution in [0.25, 0.3) is 0 Å². The van der Waals surface area contributed by atoms with Gasteiger partial charge in [-0.15, -0.1) is 0 Å². The van der Waals surface area contributed by atoms with Gasteiger partial charge in [0.25, 0.3) is 0 Å². The van der Waals surface area contributed by atoms with Crippen LogP contribution in [0.2, 0.25) is 0 Å². The van der Waals surface area contributed by atoms with E-state index in [1.807, 2.05) is 67.2 Å². The predicted octanol–water partition coefficient (Wildman–Crippen LogP) is -0.432. The van der Waals surface area contributed by atoms with Crippen molar-refractivity contribution in [1.29, 1.82) is 0 Å². The summed E-state index contributed by atoms with van der Waals surface area (Å²) >= 11 is 0. The zero-order valence-electron chi connectivity index (χ0n) is 11.7. The molecule has 0 N–H and O–H groups in total. The highest BCUT2D eigenvalue weighted by atomic mass is 79.9. The van der Waals surface area contributed by atoms with Crippen LogP contribution in [0.4, 0.5) is 0 Å². The first-order valence-corrected chi connectivity index (χ1v) is 6.41. The smallest absolute Gasteiger partial charge is 0.227 e. The minimum atomic E-state index is 0. The van der Waals surface area contributed by atoms with Crippen molar-refractivity contribution in [2.75, 3.05) is 6.61 Å². The number of hydrogen-bond acceptors (Lipinski definition) is 2. The second kappa shape index (κ2) is 7.80. The fourth-order valence-corrected chi connectivity index (χ4v) is 1.80. The summed E-state index contributed by atoms with van der Waals surface area (Å²) in [6, 6.07) is 11.3. The molecule has 3 nitrogen and oxygen atoms in total. The Morgan fingerprint density at radius 2 is 1.70 bits per heavy atom. The summed E-state index contributed by atoms with van der Waals surface area (Å²) in [6.45, 7) is 4.95. The maximum atomic E-state index is 12.1. The van der Waals surface area contributed by atoms with Crippen molar-refractivity contribution in [1.82, 2.24) is 0 Å². The number of nitrogens with zero attached hydrogens (tertiary/aromatic N) is 1. The van der Waals surface area contributed by atoms with E-state index in [9.17, 15) is 4.79 Å². The van der Waals surface area contributed by atoms with Gasteiger partial charge in [0, 0.05) is 17.7 Å². The molecule has 1 aromatic heterocycles. The van der Waals surface area contributed by atoms with Crippen LogP contribution in [-0.2, 0) is 6.54 Å². The van der Waals surface area contributed by atoms with Crippen molar-refractivity contribution in [3.8, 4) is 5.75 Å². The lowest BCUT2D eigenvalue weighted by atomic mass is 10.1. The first-order valence-electron chi connectivity index (χ1n) is 6.41. The lowest BCUT2D eigenvalue weighted by molar-refractivity contribution is -0.683. The first kappa shape index (κ1) is 16.4. The van der Waals surface area contributed by atoms with E-state index in [2.05, 4.69) is 0 Å². The number of hydrogen-bond donors (Lipinski definition) is 0. The Hall–Kier alpha value is -1.68. The number of aryl methyl sites for hydroxylation is 1. The molecule has 0 bridgehead atoms. The summed E-state index contributed by atoms with van der Waals surface area (Å²) in [4.78, 5) is 12.1. The second-order valence-corrected chi connectivity index (χ2v) is 4.43. The summed E-state index contributed by atoms with van der Waals surface area (Å²) in [6.07, 6.45) is 3.84. The minimum Gasteiger partial charge on any atom is -1.00 e. The maximum Gasteiger partial charge on any atom is 0.227 e. The van der Waals surface area contributed by atoms with Crippen molar-refractivity contribution in [3.05, 3.63) is 59.9 Å². The first-order chi connectivity index (χ1) is 9.19. The molecule has 20 heavy (non-hydrogen) atoms. The van der Waals surface area contributed by atoms with Crippen LogP contribution >= 0.6 is 0 Å². The Balaban J connectivity index is 0.00000200. The number of ketones is 1. The van der Waals surface area contributed by atoms with E-state index in [1.54, 1.807) is 0 Å². The lowest BCUT2D eigenvalue weighted by Crippen LogP contribution is -3.00. The largest absolute Gasteiger partial charge is 1.00 e. The molecule has 106 valence electrons. The number of rotatable bonds is 5. The quantitative estimate of drug-likeness (QED) is 0.548. The number of halogens is 1. The topological polar surface area (TPSA) is 30.2 Å². The van der Waals surface area contributed by atoms with Crippen LogP contribution in [0.5, 0.6) is 5.75 Å². The Morgan fingerprint density at radius 1 is 1.10 bits per heavy atom. The molecule has 2 aromatic rings. The van der Waals surface area contributed by atoms with E-state index in [-0.39, 0.29) is 22.8 Å². The number of Topliss-reactive ketones (excluding diaryl/α,β-unsaturated/α-hetero) is 1. The van der Waals surface area contributed by atoms with Gasteiger partial charge >= 0.3 is 0 Å². The molecule has 1 aromatic carbocycles. The van der Waals surface area contributed by atoms with Gasteiger partial charge in [0.05, 0.1) is 6.61 Å². The van der Waals surface area contributed by atoms with Gasteiger partial charge < -0.3 is 21.7 Å². The third kappa shape index (κ3) is 4.46. The fourth-order valence-electron chi connectivity index (χ4n) is 1.80. The average Bonchev–Trinajstić information content (AvgIpc) is 2.42. The molecule has 0 unspecified atom stereocenters. The number of benzene rings is 1. The normalized spacial score (nSPS) is 9.70. The van der Waals surface area contributed by atoms with Gasteiger partial charge in [0.2, 0.25) is 12.3 Å². The predicted molar refractivity (Wildman–Crippen MR) is 73.3 cm³/mol. The molecular weight excluding hydrogens is 318 g/mol. The van der Waals surface area contributed by atoms with Crippen LogP contribution in [0.1, 0.15) is 22.8 Å². The van der Waals surface area contributed by atoms with Crippen molar-refractivity contribution < 1.29 is 31.1 Å². The Labute approximate surface area is 130 Å². The third-order valence-corrected chi connectivity index (χ3v) is 2.87. The van der Waals surface area contributed by atoms with E-state index in [0.29, 0.717) is 18.7 Å². The molecule has 0 fully saturated rings. The van der Waals surface area contributed by atoms with Crippen molar-refractivity contribution in [3.63, 3.8) is 0 Å². The molecule has 1 heterocycles. The Kier molecular flexibility index (Phi) is 6.39. The van der Waals surface area contributed by atoms with Gasteiger partial charge in [-0.2, -0.15) is 4.57 Å². The number of carbonyl (C=O) groups is 1. The molecule has 0 aliphatic carbocycles. The van der Waals surface area contributed by atoms with E-state index in [1.165, 1.54) is 5.56 Å². The second-order valence-electron chi connectivity index (χ2n) is 4.43. The van der Waals surface area contributed by atoms with Crippen molar-refractivity contribution in [2.24, 2.45) is 0 Å². The molecule has 0 radical (unpaired) electrons. The lowest BCUT2D eigenvalue weighted by Gasteiger charge is -2.03. The van der Waals surface area contributed by atoms with E-state index in [4.69, 9.17) is 4.74 Å². The van der Waals surface area contributed by atoms with Gasteiger partial charge in [-0.25, -0.2) is 0 Å². The standard InChI is InChI=1S/C16H18NO2.BrH/c1-3-19-15-6-4-14(5-7-15)16(18)12-17-10-8-13(2)9-11-17;/h4-11H,3,12H2,1-2H3;1H/q+1;/p-1. The molecule has 0 aliphatic heterocycles. The van der Waals surface area contributed by atoms with E-state index in [0.717, 1.165) is 5.75 Å². The number of ether oxygens (including phenoxy) is 1. The average molecular weight is 336 g/mol. The van der Waals surface area contributed by atoms with Crippen LogP contribution in [0.3, 0.4) is 0 Å². The fraction of sp³-hybridized carbons (Fsp3) is 0.250. The van der Waals surface area contributed by atoms with Gasteiger partial charge in [-0.3, -0.25) is 4.79 Å². The zero-order valence-corrected chi connectivity index (χ0v) is 13.3. The van der Waals surface area contributed by atoms with Crippen LogP contribution in [0, 0.1) is 6.92 Å². The van der Waals surface area contributed by atoms with Gasteiger partial charge in [-0.05, 0) is 43.7 Å². The highest BCUT2D eigenvalue weighted by molar-refractivity contribution is 5.95. The van der Waals surface area contributed by atoms with Crippen LogP contribution in [0.15, 0.2) is 48.8 Å². The minimum absolute atomic E-state index is 0. The molecule has 0 spiro atoms. The summed E-state index contributed by atoms with van der Waals surface area (Å²) < 4.78 is 7.24. The summed E-state index contributed by atoms with van der Waals surface area (Å²) in [5, 5.41) is 0. The Morgan fingerprint density at radius 3 is 2.25 bits per heavy atom. The van der Waals surface area contributed by atoms with E-state index < -0.39 is 0 Å². The monoisotopic (exact) mass is 335 g/mol. The molecule has 0 aliphatic rings. The SMILES string of the molecule is CCOc1ccc(C(=O)C[n+]2ccc(C)cc2)cc1.[Br-].